The fourth-order valence-corrected chi connectivity index (χ4v) is 2.62. The fourth-order valence-electron chi connectivity index (χ4n) is 2.23. The van der Waals surface area contributed by atoms with Crippen molar-refractivity contribution in [3.05, 3.63) is 12.2 Å². The van der Waals surface area contributed by atoms with Crippen molar-refractivity contribution >= 4 is 8.53 Å². The minimum Gasteiger partial charge on any atom is -0.338 e. The lowest BCUT2D eigenvalue weighted by Gasteiger charge is -2.23. The summed E-state index contributed by atoms with van der Waals surface area (Å²) in [6, 6.07) is 0. The second-order valence-electron chi connectivity index (χ2n) is 3.80. The minimum absolute atomic E-state index is 0.216. The molecule has 0 amide bonds. The highest BCUT2D eigenvalue weighted by Crippen LogP contribution is 2.50. The van der Waals surface area contributed by atoms with Crippen molar-refractivity contribution in [2.24, 2.45) is 16.8 Å². The summed E-state index contributed by atoms with van der Waals surface area (Å²) in [5.41, 5.74) is 5.39. The zero-order valence-electron chi connectivity index (χ0n) is 6.94. The number of allylic oxidation sites excluding steroid dienone is 1. The van der Waals surface area contributed by atoms with Crippen molar-refractivity contribution in [3.63, 3.8) is 0 Å². The molecule has 3 nitrogen and oxygen atoms in total. The average molecular weight is 187 g/mol. The van der Waals surface area contributed by atoms with Gasteiger partial charge in [-0.05, 0) is 25.2 Å². The van der Waals surface area contributed by atoms with E-state index in [9.17, 15) is 0 Å². The van der Waals surface area contributed by atoms with Gasteiger partial charge in [-0.25, -0.2) is 0 Å². The van der Waals surface area contributed by atoms with Gasteiger partial charge in [-0.1, -0.05) is 12.2 Å². The third-order valence-electron chi connectivity index (χ3n) is 2.89. The molecule has 0 aliphatic heterocycles. The largest absolute Gasteiger partial charge is 0.338 e. The smallest absolute Gasteiger partial charge is 0.250 e. The molecule has 1 saturated carbocycles. The summed E-state index contributed by atoms with van der Waals surface area (Å²) in [7, 11) is -1.67. The van der Waals surface area contributed by atoms with Crippen LogP contribution in [0.5, 0.6) is 0 Å². The molecule has 0 radical (unpaired) electrons. The van der Waals surface area contributed by atoms with Gasteiger partial charge in [0.25, 0.3) is 0 Å². The summed E-state index contributed by atoms with van der Waals surface area (Å²) < 4.78 is 5.09. The Bertz CT molecular complexity index is 207. The summed E-state index contributed by atoms with van der Waals surface area (Å²) in [6.07, 6.45) is 8.16. The van der Waals surface area contributed by atoms with Crippen LogP contribution in [0.3, 0.4) is 0 Å². The molecule has 0 aromatic heterocycles. The van der Waals surface area contributed by atoms with E-state index in [-0.39, 0.29) is 5.41 Å². The highest BCUT2D eigenvalue weighted by molar-refractivity contribution is 7.43. The Labute approximate surface area is 73.6 Å². The second-order valence-corrected chi connectivity index (χ2v) is 4.66. The fraction of sp³-hybridized carbons (Fsp3) is 0.750. The van der Waals surface area contributed by atoms with Crippen LogP contribution in [0.1, 0.15) is 19.3 Å². The molecule has 12 heavy (non-hydrogen) atoms. The third kappa shape index (κ3) is 1.55. The molecule has 2 aliphatic carbocycles. The first-order chi connectivity index (χ1) is 5.70. The molecule has 3 N–H and O–H groups in total. The van der Waals surface area contributed by atoms with Crippen molar-refractivity contribution in [2.45, 2.75) is 19.3 Å². The zero-order valence-corrected chi connectivity index (χ0v) is 7.83. The van der Waals surface area contributed by atoms with Crippen LogP contribution in [0, 0.1) is 11.3 Å². The van der Waals surface area contributed by atoms with Crippen LogP contribution in [0.25, 0.3) is 0 Å². The third-order valence-corrected chi connectivity index (χ3v) is 3.28. The molecule has 1 fully saturated rings. The number of fused-ring (bicyclic) bond motifs is 2. The van der Waals surface area contributed by atoms with Crippen molar-refractivity contribution in [2.75, 3.05) is 6.61 Å². The van der Waals surface area contributed by atoms with Crippen LogP contribution in [0.2, 0.25) is 0 Å². The van der Waals surface area contributed by atoms with E-state index < -0.39 is 8.53 Å². The summed E-state index contributed by atoms with van der Waals surface area (Å²) in [6.45, 7) is 0.596. The Morgan fingerprint density at radius 1 is 1.75 bits per heavy atom. The Balaban J connectivity index is 1.91. The lowest BCUT2D eigenvalue weighted by atomic mass is 9.89. The van der Waals surface area contributed by atoms with E-state index in [2.05, 4.69) is 12.2 Å². The van der Waals surface area contributed by atoms with E-state index >= 15 is 0 Å². The van der Waals surface area contributed by atoms with Crippen molar-refractivity contribution < 1.29 is 9.42 Å². The van der Waals surface area contributed by atoms with Crippen LogP contribution in [-0.2, 0) is 4.52 Å². The summed E-state index contributed by atoms with van der Waals surface area (Å²) in [5, 5.41) is 0. The van der Waals surface area contributed by atoms with Gasteiger partial charge < -0.3 is 9.42 Å². The van der Waals surface area contributed by atoms with Gasteiger partial charge in [-0.3, -0.25) is 5.50 Å². The molecule has 0 saturated heterocycles. The molecule has 2 bridgehead atoms. The van der Waals surface area contributed by atoms with Crippen LogP contribution in [0.15, 0.2) is 12.2 Å². The first-order valence-corrected chi connectivity index (χ1v) is 5.54. The maximum absolute atomic E-state index is 8.83. The Hall–Kier alpha value is 0.0500. The van der Waals surface area contributed by atoms with Crippen LogP contribution < -0.4 is 5.50 Å². The molecular weight excluding hydrogens is 173 g/mol. The normalized spacial score (nSPS) is 40.7. The number of rotatable bonds is 3. The van der Waals surface area contributed by atoms with Gasteiger partial charge in [0.05, 0.1) is 6.61 Å². The molecule has 0 heterocycles. The lowest BCUT2D eigenvalue weighted by Crippen LogP contribution is -2.18. The maximum Gasteiger partial charge on any atom is 0.250 e. The van der Waals surface area contributed by atoms with E-state index in [1.807, 2.05) is 0 Å². The highest BCUT2D eigenvalue weighted by Gasteiger charge is 2.41. The van der Waals surface area contributed by atoms with Gasteiger partial charge in [-0.2, -0.15) is 0 Å². The van der Waals surface area contributed by atoms with E-state index in [1.165, 1.54) is 19.3 Å². The van der Waals surface area contributed by atoms with Gasteiger partial charge in [0, 0.05) is 5.41 Å². The van der Waals surface area contributed by atoms with Crippen LogP contribution in [0.4, 0.5) is 0 Å². The maximum atomic E-state index is 8.83. The van der Waals surface area contributed by atoms with Crippen LogP contribution >= 0.6 is 8.53 Å². The molecule has 0 aromatic carbocycles. The van der Waals surface area contributed by atoms with E-state index in [4.69, 9.17) is 14.9 Å². The lowest BCUT2D eigenvalue weighted by molar-refractivity contribution is 0.198. The summed E-state index contributed by atoms with van der Waals surface area (Å²) in [5.74, 6) is 0.760. The number of nitrogens with two attached hydrogens (primary N) is 1. The standard InChI is InChI=1S/C8H14NO2P/c9-12(10)11-6-8-3-1-7(5-8)2-4-8/h1,3,7,10H,2,4-6,9H2. The Morgan fingerprint density at radius 2 is 2.58 bits per heavy atom. The zero-order chi connectivity index (χ0) is 8.60. The average Bonchev–Trinajstić information content (AvgIpc) is 2.60. The van der Waals surface area contributed by atoms with Crippen molar-refractivity contribution in [1.29, 1.82) is 0 Å². The molecule has 68 valence electrons. The highest BCUT2D eigenvalue weighted by atomic mass is 31.2. The molecule has 2 rings (SSSR count). The Morgan fingerprint density at radius 3 is 3.00 bits per heavy atom. The van der Waals surface area contributed by atoms with Crippen LogP contribution in [-0.4, -0.2) is 11.5 Å². The van der Waals surface area contributed by atoms with Gasteiger partial charge in [-0.15, -0.1) is 0 Å². The first kappa shape index (κ1) is 8.64. The first-order valence-electron chi connectivity index (χ1n) is 4.26. The predicted octanol–water partition coefficient (Wildman–Crippen LogP) is 1.54. The molecule has 0 spiro atoms. The summed E-state index contributed by atoms with van der Waals surface area (Å²) in [4.78, 5) is 8.83. The van der Waals surface area contributed by atoms with Gasteiger partial charge in [0.2, 0.25) is 8.53 Å². The molecule has 4 heteroatoms. The topological polar surface area (TPSA) is 55.5 Å². The van der Waals surface area contributed by atoms with E-state index in [0.29, 0.717) is 6.61 Å². The van der Waals surface area contributed by atoms with E-state index in [1.54, 1.807) is 0 Å². The van der Waals surface area contributed by atoms with Crippen molar-refractivity contribution in [1.82, 2.24) is 0 Å². The number of hydrogen-bond acceptors (Lipinski definition) is 3. The molecule has 0 aromatic rings. The summed E-state index contributed by atoms with van der Waals surface area (Å²) >= 11 is 0. The molecule has 2 aliphatic rings. The van der Waals surface area contributed by atoms with E-state index in [0.717, 1.165) is 5.92 Å². The van der Waals surface area contributed by atoms with Crippen molar-refractivity contribution in [3.8, 4) is 0 Å². The number of hydrogen-bond donors (Lipinski definition) is 2. The molecule has 3 unspecified atom stereocenters. The molecular formula is C8H14NO2P. The monoisotopic (exact) mass is 187 g/mol. The van der Waals surface area contributed by atoms with Gasteiger partial charge in [0.1, 0.15) is 0 Å². The van der Waals surface area contributed by atoms with Gasteiger partial charge >= 0.3 is 0 Å². The minimum atomic E-state index is -1.67. The van der Waals surface area contributed by atoms with Gasteiger partial charge in [0.15, 0.2) is 0 Å². The predicted molar refractivity (Wildman–Crippen MR) is 48.2 cm³/mol. The quantitative estimate of drug-likeness (QED) is 0.520. The SMILES string of the molecule is NP(O)OCC12C=CC(CC1)C2. The second kappa shape index (κ2) is 3.08. The molecule has 3 atom stereocenters. The Kier molecular flexibility index (Phi) is 2.21.